The Kier molecular flexibility index (Phi) is 15.9. The van der Waals surface area contributed by atoms with Crippen molar-refractivity contribution in [3.63, 3.8) is 0 Å². The van der Waals surface area contributed by atoms with E-state index < -0.39 is 15.8 Å². The third kappa shape index (κ3) is 9.78. The van der Waals surface area contributed by atoms with E-state index in [1.54, 1.807) is 0 Å². The van der Waals surface area contributed by atoms with E-state index in [2.05, 4.69) is 200 Å². The predicted molar refractivity (Wildman–Crippen MR) is 230 cm³/mol. The van der Waals surface area contributed by atoms with E-state index in [-0.39, 0.29) is 65.9 Å². The van der Waals surface area contributed by atoms with E-state index in [1.807, 2.05) is 0 Å². The molecule has 6 aromatic rings. The lowest BCUT2D eigenvalue weighted by Gasteiger charge is -2.41. The van der Waals surface area contributed by atoms with Crippen molar-refractivity contribution in [1.82, 2.24) is 0 Å². The van der Waals surface area contributed by atoms with Crippen LogP contribution in [-0.4, -0.2) is 0 Å². The molecular formula is C47H56Cl4N4OP2. The molecule has 0 aromatic heterocycles. The monoisotopic (exact) mass is 894 g/mol. The highest BCUT2D eigenvalue weighted by atomic mass is 35.5. The molecule has 1 aliphatic heterocycles. The van der Waals surface area contributed by atoms with Gasteiger partial charge in [-0.05, 0) is 95.4 Å². The van der Waals surface area contributed by atoms with Crippen molar-refractivity contribution in [2.24, 2.45) is 0 Å². The molecule has 0 radical (unpaired) electrons. The van der Waals surface area contributed by atoms with Gasteiger partial charge in [0.05, 0.1) is 0 Å². The fourth-order valence-corrected chi connectivity index (χ4v) is 12.6. The van der Waals surface area contributed by atoms with Gasteiger partial charge in [-0.2, -0.15) is 0 Å². The van der Waals surface area contributed by atoms with Gasteiger partial charge in [0.1, 0.15) is 34.2 Å². The van der Waals surface area contributed by atoms with Crippen molar-refractivity contribution in [3.05, 3.63) is 144 Å². The number of ether oxygens (including phenoxy) is 1. The molecule has 11 heteroatoms. The summed E-state index contributed by atoms with van der Waals surface area (Å²) < 4.78 is 7.65. The maximum absolute atomic E-state index is 7.65. The van der Waals surface area contributed by atoms with Crippen LogP contribution in [0.5, 0.6) is 11.5 Å². The van der Waals surface area contributed by atoms with Gasteiger partial charge in [-0.25, -0.2) is 0 Å². The van der Waals surface area contributed by atoms with E-state index in [0.717, 1.165) is 34.2 Å². The van der Waals surface area contributed by atoms with Gasteiger partial charge in [-0.15, -0.1) is 0 Å². The van der Waals surface area contributed by atoms with Crippen molar-refractivity contribution in [2.75, 3.05) is 0 Å². The van der Waals surface area contributed by atoms with Crippen LogP contribution in [0.2, 0.25) is 0 Å². The number of fused-ring (bicyclic) bond motifs is 2. The number of rotatable bonds is 6. The third-order valence-electron chi connectivity index (χ3n) is 10.6. The number of hydrogen-bond acceptors (Lipinski definition) is 1. The molecule has 7 rings (SSSR count). The summed E-state index contributed by atoms with van der Waals surface area (Å²) in [5.74, 6) is 1.93. The minimum atomic E-state index is -1.05. The van der Waals surface area contributed by atoms with Gasteiger partial charge in [0.2, 0.25) is 0 Å². The maximum Gasteiger partial charge on any atom is 0.139 e. The van der Waals surface area contributed by atoms with Crippen LogP contribution in [0.15, 0.2) is 121 Å². The lowest BCUT2D eigenvalue weighted by atomic mass is 9.72. The van der Waals surface area contributed by atoms with Crippen LogP contribution in [0.3, 0.4) is 0 Å². The van der Waals surface area contributed by atoms with Gasteiger partial charge in [0.15, 0.2) is 0 Å². The van der Waals surface area contributed by atoms with E-state index in [1.165, 1.54) is 54.1 Å². The number of quaternary nitrogens is 4. The van der Waals surface area contributed by atoms with Crippen molar-refractivity contribution < 1.29 is 77.3 Å². The molecule has 0 fully saturated rings. The van der Waals surface area contributed by atoms with Crippen LogP contribution in [-0.2, 0) is 16.2 Å². The molecule has 0 amide bonds. The van der Waals surface area contributed by atoms with Crippen LogP contribution < -0.4 is 109 Å². The summed E-state index contributed by atoms with van der Waals surface area (Å²) in [5.41, 5.74) is 25.9. The average molecular weight is 897 g/mol. The first kappa shape index (κ1) is 49.3. The van der Waals surface area contributed by atoms with Crippen LogP contribution in [0.1, 0.15) is 77.6 Å². The normalized spacial score (nSPS) is 12.9. The van der Waals surface area contributed by atoms with Gasteiger partial charge >= 0.3 is 0 Å². The minimum Gasteiger partial charge on any atom is -1.00 e. The standard InChI is InChI=1S/C47H52N4OP2.4ClH/c1-45(2,3)29-21-39-43(41(23-29)53(35-17-9-13-31(48)25-35)36-18-10-14-32(49)26-36)52-44-40(47(39,7)8)22-30(46(4,5)6)24-42(44)54(37-19-11-15-33(50)27-37)38-20-12-16-34(51)28-38;;;;/h9-28H,48-51H2,1-8H3;4*1H. The Bertz CT molecular complexity index is 2150. The molecule has 5 nitrogen and oxygen atoms in total. The van der Waals surface area contributed by atoms with Crippen LogP contribution >= 0.6 is 15.8 Å². The smallest absolute Gasteiger partial charge is 0.139 e. The second kappa shape index (κ2) is 18.7. The van der Waals surface area contributed by atoms with Crippen LogP contribution in [0.4, 0.5) is 22.7 Å². The highest BCUT2D eigenvalue weighted by molar-refractivity contribution is 7.80. The lowest BCUT2D eigenvalue weighted by Crippen LogP contribution is -3.00. The Morgan fingerprint density at radius 1 is 0.431 bits per heavy atom. The fourth-order valence-electron chi connectivity index (χ4n) is 7.45. The molecule has 0 unspecified atom stereocenters. The van der Waals surface area contributed by atoms with E-state index >= 15 is 0 Å². The molecular weight excluding hydrogens is 840 g/mol. The highest BCUT2D eigenvalue weighted by Crippen LogP contribution is 2.54. The Labute approximate surface area is 372 Å². The summed E-state index contributed by atoms with van der Waals surface area (Å²) >= 11 is 0. The number of benzene rings is 6. The zero-order valence-electron chi connectivity index (χ0n) is 34.7. The molecule has 1 aliphatic rings. The summed E-state index contributed by atoms with van der Waals surface area (Å²) in [7, 11) is -2.10. The predicted octanol–water partition coefficient (Wildman–Crippen LogP) is -6.26. The van der Waals surface area contributed by atoms with Crippen molar-refractivity contribution >= 4 is 70.4 Å². The molecule has 58 heavy (non-hydrogen) atoms. The molecule has 1 heterocycles. The third-order valence-corrected chi connectivity index (χ3v) is 15.4. The zero-order chi connectivity index (χ0) is 38.7. The summed E-state index contributed by atoms with van der Waals surface area (Å²) in [6.07, 6.45) is 0. The van der Waals surface area contributed by atoms with E-state index in [9.17, 15) is 0 Å². The first-order valence-corrected chi connectivity index (χ1v) is 21.4. The minimum absolute atomic E-state index is 0. The first-order chi connectivity index (χ1) is 25.4. The largest absolute Gasteiger partial charge is 1.00 e. The van der Waals surface area contributed by atoms with Gasteiger partial charge in [0, 0.05) is 51.4 Å². The van der Waals surface area contributed by atoms with Gasteiger partial charge < -0.3 is 77.3 Å². The molecule has 0 spiro atoms. The topological polar surface area (TPSA) is 120 Å². The molecule has 0 saturated heterocycles. The van der Waals surface area contributed by atoms with Gasteiger partial charge in [0.25, 0.3) is 0 Å². The Hall–Kier alpha value is -3.02. The molecule has 12 N–H and O–H groups in total. The number of halogens is 4. The highest BCUT2D eigenvalue weighted by Gasteiger charge is 2.42. The molecule has 6 aromatic carbocycles. The first-order valence-electron chi connectivity index (χ1n) is 18.8. The second-order valence-electron chi connectivity index (χ2n) is 17.3. The molecule has 0 saturated carbocycles. The number of hydrogen-bond donors (Lipinski definition) is 4. The maximum atomic E-state index is 7.65. The van der Waals surface area contributed by atoms with E-state index in [0.29, 0.717) is 0 Å². The Morgan fingerprint density at radius 2 is 0.707 bits per heavy atom. The van der Waals surface area contributed by atoms with Crippen LogP contribution in [0, 0.1) is 0 Å². The summed E-state index contributed by atoms with van der Waals surface area (Å²) in [6, 6.07) is 44.6. The summed E-state index contributed by atoms with van der Waals surface area (Å²) in [6.45, 7) is 18.7. The van der Waals surface area contributed by atoms with Crippen molar-refractivity contribution in [2.45, 2.75) is 71.6 Å². The lowest BCUT2D eigenvalue weighted by molar-refractivity contribution is -0.255. The zero-order valence-corrected chi connectivity index (χ0v) is 39.5. The van der Waals surface area contributed by atoms with Crippen LogP contribution in [0.25, 0.3) is 0 Å². The van der Waals surface area contributed by atoms with Gasteiger partial charge in [-0.1, -0.05) is 116 Å². The quantitative estimate of drug-likeness (QED) is 0.123. The summed E-state index contributed by atoms with van der Waals surface area (Å²) in [5, 5.41) is 7.42. The van der Waals surface area contributed by atoms with Crippen molar-refractivity contribution in [3.8, 4) is 11.5 Å². The fraction of sp³-hybridized carbons (Fsp3) is 0.234. The summed E-state index contributed by atoms with van der Waals surface area (Å²) in [4.78, 5) is 0. The molecule has 0 aliphatic carbocycles. The Balaban J connectivity index is 0.00000225. The van der Waals surface area contributed by atoms with E-state index in [4.69, 9.17) is 4.74 Å². The Morgan fingerprint density at radius 3 is 0.948 bits per heavy atom. The molecule has 308 valence electrons. The molecule has 0 bridgehead atoms. The van der Waals surface area contributed by atoms with Gasteiger partial charge in [-0.3, -0.25) is 0 Å². The average Bonchev–Trinajstić information content (AvgIpc) is 3.08. The second-order valence-corrected chi connectivity index (χ2v) is 21.7. The van der Waals surface area contributed by atoms with Crippen molar-refractivity contribution in [1.29, 1.82) is 0 Å². The SMILES string of the molecule is CC(C)(C)c1cc(P(c2cccc([NH3+])c2)c2cccc([NH3+])c2)c2c(c1)C(C)(C)c1cc(C(C)(C)C)cc(P(c3cccc([NH3+])c3)c3cccc([NH3+])c3)c1O2.[Cl-].[Cl-].[Cl-].[Cl-]. The molecule has 0 atom stereocenters.